The highest BCUT2D eigenvalue weighted by molar-refractivity contribution is 7.13. The molecule has 3 atom stereocenters. The Morgan fingerprint density at radius 2 is 1.49 bits per heavy atom. The Balaban J connectivity index is 0.607. The summed E-state index contributed by atoms with van der Waals surface area (Å²) in [6.45, 7) is 13.6. The minimum absolute atomic E-state index is 0.00785. The molecule has 3 N–H and O–H groups in total. The van der Waals surface area contributed by atoms with Crippen molar-refractivity contribution < 1.29 is 56.7 Å². The van der Waals surface area contributed by atoms with Crippen LogP contribution in [0.4, 0.5) is 8.78 Å². The molecule has 0 saturated carbocycles. The first kappa shape index (κ1) is 61.8. The van der Waals surface area contributed by atoms with Crippen LogP contribution < -0.4 is 10.6 Å². The summed E-state index contributed by atoms with van der Waals surface area (Å²) < 4.78 is 60.7. The second-order valence-corrected chi connectivity index (χ2v) is 23.3. The Labute approximate surface area is 492 Å². The molecule has 450 valence electrons. The minimum atomic E-state index is -0.946. The SMILES string of the molecule is Cc1ncsc1-c1ccc(CNC(=O)[C@@H]2C[C@@H](O)CN2C(=O)[C@@H](NC(=O)CCOCCOCCOCCOCCC(=O)N2CCC(n3cc(-c4cnc5cccc(-c6cc(F)c(CN7CCOCC7)c(F)c6)c5n4)cn3)CC2)C(C)(C)C)cc1. The van der Waals surface area contributed by atoms with E-state index in [1.807, 2.05) is 84.2 Å². The number of carbonyl (C=O) groups is 4. The first-order valence-corrected chi connectivity index (χ1v) is 29.7. The number of ether oxygens (including phenoxy) is 5. The molecule has 6 heterocycles. The number of likely N-dealkylation sites (tertiary alicyclic amines) is 2. The van der Waals surface area contributed by atoms with Gasteiger partial charge in [0.1, 0.15) is 23.7 Å². The molecule has 9 rings (SSSR count). The smallest absolute Gasteiger partial charge is 0.246 e. The van der Waals surface area contributed by atoms with Gasteiger partial charge in [0, 0.05) is 81.5 Å². The number of piperidine rings is 1. The number of aliphatic hydroxyl groups is 1. The van der Waals surface area contributed by atoms with Crippen LogP contribution in [0.1, 0.15) is 75.7 Å². The fraction of sp³-hybridized carbons (Fsp3) is 0.508. The van der Waals surface area contributed by atoms with Gasteiger partial charge in [0.25, 0.3) is 0 Å². The molecule has 0 spiro atoms. The maximum atomic E-state index is 15.4. The number of amides is 4. The van der Waals surface area contributed by atoms with E-state index in [0.29, 0.717) is 93.7 Å². The highest BCUT2D eigenvalue weighted by atomic mass is 32.1. The van der Waals surface area contributed by atoms with E-state index in [4.69, 9.17) is 28.7 Å². The van der Waals surface area contributed by atoms with Gasteiger partial charge in [-0.2, -0.15) is 5.10 Å². The van der Waals surface area contributed by atoms with E-state index < -0.39 is 41.1 Å². The molecule has 0 radical (unpaired) electrons. The molecule has 3 aromatic carbocycles. The summed E-state index contributed by atoms with van der Waals surface area (Å²) >= 11 is 1.57. The van der Waals surface area contributed by atoms with Crippen LogP contribution in [-0.2, 0) is 56.0 Å². The van der Waals surface area contributed by atoms with Crippen molar-refractivity contribution in [3.63, 3.8) is 0 Å². The molecule has 0 aliphatic carbocycles. The van der Waals surface area contributed by atoms with Gasteiger partial charge in [0.2, 0.25) is 23.6 Å². The largest absolute Gasteiger partial charge is 0.391 e. The summed E-state index contributed by atoms with van der Waals surface area (Å²) in [4.78, 5) is 73.7. The number of benzene rings is 3. The Hall–Kier alpha value is -6.70. The molecular formula is C61H76F2N10O10S. The predicted molar refractivity (Wildman–Crippen MR) is 311 cm³/mol. The fourth-order valence-corrected chi connectivity index (χ4v) is 11.4. The zero-order chi connectivity index (χ0) is 59.2. The summed E-state index contributed by atoms with van der Waals surface area (Å²) in [6.07, 6.45) is 6.28. The zero-order valence-corrected chi connectivity index (χ0v) is 49.1. The second-order valence-electron chi connectivity index (χ2n) is 22.5. The number of nitrogens with zero attached hydrogens (tertiary/aromatic N) is 8. The van der Waals surface area contributed by atoms with Crippen molar-refractivity contribution in [3.05, 3.63) is 107 Å². The van der Waals surface area contributed by atoms with Gasteiger partial charge in [0.15, 0.2) is 0 Å². The Morgan fingerprint density at radius 3 is 2.14 bits per heavy atom. The molecule has 3 fully saturated rings. The maximum Gasteiger partial charge on any atom is 0.246 e. The molecule has 0 unspecified atom stereocenters. The van der Waals surface area contributed by atoms with Gasteiger partial charge in [0.05, 0.1) is 130 Å². The first-order chi connectivity index (χ1) is 40.6. The normalized spacial score (nSPS) is 17.5. The monoisotopic (exact) mass is 1180 g/mol. The maximum absolute atomic E-state index is 15.4. The van der Waals surface area contributed by atoms with Gasteiger partial charge < -0.3 is 49.2 Å². The molecular weight excluding hydrogens is 1100 g/mol. The summed E-state index contributed by atoms with van der Waals surface area (Å²) in [5.41, 5.74) is 7.46. The van der Waals surface area contributed by atoms with E-state index >= 15 is 8.78 Å². The van der Waals surface area contributed by atoms with Crippen molar-refractivity contribution in [3.8, 4) is 32.8 Å². The number of nitrogens with one attached hydrogen (secondary N) is 2. The highest BCUT2D eigenvalue weighted by Crippen LogP contribution is 2.33. The van der Waals surface area contributed by atoms with Crippen molar-refractivity contribution in [2.24, 2.45) is 5.41 Å². The van der Waals surface area contributed by atoms with Crippen LogP contribution in [0, 0.1) is 24.0 Å². The van der Waals surface area contributed by atoms with Crippen molar-refractivity contribution in [1.29, 1.82) is 0 Å². The lowest BCUT2D eigenvalue weighted by Gasteiger charge is -2.35. The molecule has 3 saturated heterocycles. The van der Waals surface area contributed by atoms with Gasteiger partial charge in [-0.15, -0.1) is 11.3 Å². The number of aliphatic hydroxyl groups excluding tert-OH is 1. The number of thiazole rings is 1. The molecule has 23 heteroatoms. The van der Waals surface area contributed by atoms with E-state index in [1.54, 1.807) is 35.9 Å². The lowest BCUT2D eigenvalue weighted by Crippen LogP contribution is -2.57. The number of aromatic nitrogens is 5. The number of hydrogen-bond acceptors (Lipinski definition) is 16. The average molecular weight is 1180 g/mol. The van der Waals surface area contributed by atoms with Gasteiger partial charge in [-0.25, -0.2) is 18.7 Å². The zero-order valence-electron chi connectivity index (χ0n) is 48.2. The van der Waals surface area contributed by atoms with E-state index in [-0.39, 0.29) is 94.7 Å². The number of morpholine rings is 1. The number of fused-ring (bicyclic) bond motifs is 1. The van der Waals surface area contributed by atoms with E-state index in [2.05, 4.69) is 25.7 Å². The van der Waals surface area contributed by atoms with Crippen LogP contribution in [0.15, 0.2) is 78.7 Å². The number of carbonyl (C=O) groups excluding carboxylic acids is 4. The third-order valence-corrected chi connectivity index (χ3v) is 16.3. The minimum Gasteiger partial charge on any atom is -0.391 e. The molecule has 4 amide bonds. The lowest BCUT2D eigenvalue weighted by molar-refractivity contribution is -0.144. The van der Waals surface area contributed by atoms with Crippen LogP contribution >= 0.6 is 11.3 Å². The number of hydrogen-bond donors (Lipinski definition) is 3. The Kier molecular flexibility index (Phi) is 21.6. The summed E-state index contributed by atoms with van der Waals surface area (Å²) in [6, 6.07) is 14.3. The third-order valence-electron chi connectivity index (χ3n) is 15.4. The van der Waals surface area contributed by atoms with Gasteiger partial charge in [-0.1, -0.05) is 57.2 Å². The van der Waals surface area contributed by atoms with Gasteiger partial charge in [-0.05, 0) is 60.1 Å². The number of aryl methyl sites for hydroxylation is 1. The van der Waals surface area contributed by atoms with Crippen LogP contribution in [0.3, 0.4) is 0 Å². The number of para-hydroxylation sites is 1. The van der Waals surface area contributed by atoms with E-state index in [1.165, 1.54) is 17.0 Å². The van der Waals surface area contributed by atoms with Crippen LogP contribution in [-0.4, -0.2) is 185 Å². The quantitative estimate of drug-likeness (QED) is 0.0492. The summed E-state index contributed by atoms with van der Waals surface area (Å²) in [5.74, 6) is -2.37. The molecule has 3 aliphatic heterocycles. The molecule has 84 heavy (non-hydrogen) atoms. The summed E-state index contributed by atoms with van der Waals surface area (Å²) in [5, 5.41) is 21.0. The fourth-order valence-electron chi connectivity index (χ4n) is 10.6. The molecule has 3 aliphatic rings. The predicted octanol–water partition coefficient (Wildman–Crippen LogP) is 6.52. The van der Waals surface area contributed by atoms with E-state index in [0.717, 1.165) is 40.1 Å². The highest BCUT2D eigenvalue weighted by Gasteiger charge is 2.44. The van der Waals surface area contributed by atoms with Crippen LogP contribution in [0.2, 0.25) is 0 Å². The number of rotatable bonds is 26. The second kappa shape index (κ2) is 29.4. The van der Waals surface area contributed by atoms with Gasteiger partial charge >= 0.3 is 0 Å². The van der Waals surface area contributed by atoms with Crippen LogP contribution in [0.5, 0.6) is 0 Å². The van der Waals surface area contributed by atoms with Crippen molar-refractivity contribution in [2.45, 2.75) is 97.1 Å². The average Bonchev–Trinajstić information content (AvgIpc) is 4.10. The molecule has 20 nitrogen and oxygen atoms in total. The van der Waals surface area contributed by atoms with Crippen molar-refractivity contribution in [2.75, 3.05) is 98.8 Å². The Bertz CT molecular complexity index is 3160. The number of halogens is 2. The molecule has 3 aromatic heterocycles. The van der Waals surface area contributed by atoms with Crippen molar-refractivity contribution in [1.82, 2.24) is 50.1 Å². The van der Waals surface area contributed by atoms with E-state index in [9.17, 15) is 24.3 Å². The van der Waals surface area contributed by atoms with Gasteiger partial charge in [-0.3, -0.25) is 33.7 Å². The molecule has 0 bridgehead atoms. The molecule has 6 aromatic rings. The standard InChI is InChI=1S/C61H76F2N10O10S/c1-40-57(84-39-66-40)42-10-8-41(9-11-42)33-65-59(77)53-32-46(74)37-72(53)60(78)58(61(2,3)4)69-54(75)14-20-79-24-26-82-28-29-83-27-25-80-21-15-55(76)71-16-12-45(13-17-71)73-36-44(34-67-73)52-35-64-51-7-5-6-47(56(51)68-52)43-30-49(62)48(50(63)31-43)38-70-18-22-81-23-19-70/h5-11,30-31,34-36,39,45-46,53,58,74H,12-29,32-33,37-38H2,1-4H3,(H,65,77)(H,69,75)/t46-,53+,58-/m1/s1. The Morgan fingerprint density at radius 1 is 0.821 bits per heavy atom. The summed E-state index contributed by atoms with van der Waals surface area (Å²) in [7, 11) is 0. The number of β-amino-alcohol motifs (C(OH)–C–C–N with tert-alkyl or cyclic N) is 1. The lowest BCUT2D eigenvalue weighted by atomic mass is 9.85. The van der Waals surface area contributed by atoms with Crippen LogP contribution in [0.25, 0.3) is 43.9 Å². The third kappa shape index (κ3) is 16.4. The first-order valence-electron chi connectivity index (χ1n) is 28.8. The van der Waals surface area contributed by atoms with Crippen molar-refractivity contribution >= 4 is 46.0 Å². The topological polar surface area (TPSA) is 225 Å².